The Bertz CT molecular complexity index is 1230. The molecule has 1 fully saturated rings. The van der Waals surface area contributed by atoms with Gasteiger partial charge in [0.05, 0.1) is 36.4 Å². The number of halogens is 6. The molecule has 2 aromatic carbocycles. The first-order valence-electron chi connectivity index (χ1n) is 11.6. The van der Waals surface area contributed by atoms with Crippen LogP contribution in [-0.4, -0.2) is 30.5 Å². The molecule has 37 heavy (non-hydrogen) atoms. The van der Waals surface area contributed by atoms with Crippen LogP contribution in [0, 0.1) is 5.92 Å². The van der Waals surface area contributed by atoms with E-state index >= 15 is 0 Å². The first-order valence-corrected chi connectivity index (χ1v) is 11.6. The number of benzene rings is 2. The van der Waals surface area contributed by atoms with Crippen molar-refractivity contribution in [1.82, 2.24) is 10.2 Å². The molecule has 2 aromatic rings. The van der Waals surface area contributed by atoms with E-state index in [2.05, 4.69) is 10.3 Å². The number of alkyl halides is 6. The van der Waals surface area contributed by atoms with Crippen molar-refractivity contribution < 1.29 is 35.9 Å². The molecule has 4 rings (SSSR count). The second-order valence-electron chi connectivity index (χ2n) is 9.04. The van der Waals surface area contributed by atoms with Gasteiger partial charge in [0.25, 0.3) is 0 Å². The van der Waals surface area contributed by atoms with E-state index in [0.717, 1.165) is 38.2 Å². The number of carbonyl (C=O) groups is 1. The third-order valence-corrected chi connectivity index (χ3v) is 6.39. The summed E-state index contributed by atoms with van der Waals surface area (Å²) in [4.78, 5) is 19.0. The van der Waals surface area contributed by atoms with Crippen molar-refractivity contribution in [3.05, 3.63) is 82.1 Å². The highest BCUT2D eigenvalue weighted by atomic mass is 19.4. The molecule has 198 valence electrons. The van der Waals surface area contributed by atoms with E-state index in [4.69, 9.17) is 4.74 Å². The van der Waals surface area contributed by atoms with E-state index in [1.807, 2.05) is 0 Å². The Morgan fingerprint density at radius 2 is 1.76 bits per heavy atom. The van der Waals surface area contributed by atoms with Crippen LogP contribution in [0.2, 0.25) is 0 Å². The lowest BCUT2D eigenvalue weighted by atomic mass is 9.91. The van der Waals surface area contributed by atoms with Crippen LogP contribution in [-0.2, 0) is 28.4 Å². The smallest absolute Gasteiger partial charge is 0.416 e. The van der Waals surface area contributed by atoms with E-state index in [1.165, 1.54) is 42.2 Å². The molecule has 0 radical (unpaired) electrons. The highest BCUT2D eigenvalue weighted by Gasteiger charge is 2.41. The van der Waals surface area contributed by atoms with E-state index in [-0.39, 0.29) is 34.9 Å². The molecule has 11 heteroatoms. The number of esters is 1. The normalized spacial score (nSPS) is 19.7. The highest BCUT2D eigenvalue weighted by molar-refractivity contribution is 5.96. The summed E-state index contributed by atoms with van der Waals surface area (Å²) in [6.45, 7) is 1.83. The second kappa shape index (κ2) is 10.1. The summed E-state index contributed by atoms with van der Waals surface area (Å²) in [6.07, 6.45) is -7.30. The van der Waals surface area contributed by atoms with E-state index < -0.39 is 35.5 Å². The van der Waals surface area contributed by atoms with Gasteiger partial charge < -0.3 is 15.0 Å². The Balaban J connectivity index is 1.83. The summed E-state index contributed by atoms with van der Waals surface area (Å²) in [5.41, 5.74) is -1.51. The molecule has 1 aliphatic heterocycles. The zero-order chi connectivity index (χ0) is 27.0. The average Bonchev–Trinajstić information content (AvgIpc) is 3.67. The van der Waals surface area contributed by atoms with Crippen molar-refractivity contribution in [3.8, 4) is 0 Å². The van der Waals surface area contributed by atoms with Crippen molar-refractivity contribution in [3.63, 3.8) is 0 Å². The Hall–Kier alpha value is -3.50. The number of methoxy groups -OCH3 is 1. The van der Waals surface area contributed by atoms with Crippen LogP contribution >= 0.6 is 0 Å². The molecule has 1 unspecified atom stereocenters. The summed E-state index contributed by atoms with van der Waals surface area (Å²) >= 11 is 0. The van der Waals surface area contributed by atoms with Gasteiger partial charge in [-0.3, -0.25) is 4.99 Å². The van der Waals surface area contributed by atoms with Gasteiger partial charge in [0.15, 0.2) is 5.96 Å². The number of ether oxygens (including phenoxy) is 1. The molecule has 2 aliphatic rings. The third-order valence-electron chi connectivity index (χ3n) is 6.39. The Labute approximate surface area is 209 Å². The molecular formula is C26H25F6N3O2. The van der Waals surface area contributed by atoms with Crippen molar-refractivity contribution in [2.24, 2.45) is 10.9 Å². The van der Waals surface area contributed by atoms with Crippen LogP contribution in [0.4, 0.5) is 26.3 Å². The fourth-order valence-corrected chi connectivity index (χ4v) is 4.28. The molecule has 1 atom stereocenters. The summed E-state index contributed by atoms with van der Waals surface area (Å²) < 4.78 is 86.4. The summed E-state index contributed by atoms with van der Waals surface area (Å²) in [5.74, 6) is -0.351. The number of nitrogens with zero attached hydrogens (tertiary/aromatic N) is 2. The molecule has 5 nitrogen and oxygen atoms in total. The van der Waals surface area contributed by atoms with Gasteiger partial charge in [0, 0.05) is 12.2 Å². The van der Waals surface area contributed by atoms with Crippen LogP contribution in [0.1, 0.15) is 48.1 Å². The number of hydrogen-bond acceptors (Lipinski definition) is 3. The first kappa shape index (κ1) is 26.6. The van der Waals surface area contributed by atoms with Crippen molar-refractivity contribution in [2.75, 3.05) is 13.7 Å². The quantitative estimate of drug-likeness (QED) is 0.367. The lowest BCUT2D eigenvalue weighted by Crippen LogP contribution is -2.49. The zero-order valence-electron chi connectivity index (χ0n) is 20.1. The summed E-state index contributed by atoms with van der Waals surface area (Å²) in [7, 11) is 1.11. The monoisotopic (exact) mass is 525 g/mol. The van der Waals surface area contributed by atoms with Gasteiger partial charge in [-0.25, -0.2) is 4.79 Å². The van der Waals surface area contributed by atoms with Gasteiger partial charge in [-0.05, 0) is 55.0 Å². The maximum Gasteiger partial charge on any atom is 0.416 e. The Morgan fingerprint density at radius 1 is 1.05 bits per heavy atom. The maximum atomic E-state index is 13.9. The standard InChI is InChI=1S/C26H25F6N3O2/c1-15-21(23(36)37-2)22(19-8-3-4-9-20(19)26(30,31)32)34-24(33-13-16-10-11-16)35(15)14-17-6-5-7-18(12-17)25(27,28)29/h3-9,12,16,22H,10-11,13-14H2,1-2H3,(H,33,34). The fourth-order valence-electron chi connectivity index (χ4n) is 4.28. The third kappa shape index (κ3) is 5.91. The largest absolute Gasteiger partial charge is 0.466 e. The Morgan fingerprint density at radius 3 is 2.38 bits per heavy atom. The summed E-state index contributed by atoms with van der Waals surface area (Å²) in [6, 6.07) is 8.39. The molecule has 1 heterocycles. The van der Waals surface area contributed by atoms with Gasteiger partial charge in [0.1, 0.15) is 0 Å². The van der Waals surface area contributed by atoms with Crippen LogP contribution < -0.4 is 5.32 Å². The number of rotatable bonds is 6. The van der Waals surface area contributed by atoms with Crippen molar-refractivity contribution in [1.29, 1.82) is 0 Å². The first-order chi connectivity index (χ1) is 17.4. The molecule has 0 spiro atoms. The zero-order valence-corrected chi connectivity index (χ0v) is 20.1. The minimum atomic E-state index is -4.69. The van der Waals surface area contributed by atoms with E-state index in [0.29, 0.717) is 12.5 Å². The molecule has 0 amide bonds. The summed E-state index contributed by atoms with van der Waals surface area (Å²) in [5, 5.41) is 2.97. The van der Waals surface area contributed by atoms with Crippen molar-refractivity contribution >= 4 is 11.9 Å². The maximum absolute atomic E-state index is 13.9. The lowest BCUT2D eigenvalue weighted by Gasteiger charge is -2.38. The average molecular weight is 525 g/mol. The molecule has 1 saturated carbocycles. The van der Waals surface area contributed by atoms with E-state index in [9.17, 15) is 31.1 Å². The SMILES string of the molecule is COC(=O)C1=C(C)N(Cc2cccc(C(F)(F)F)c2)C(=NCC2CC2)NC1c1ccccc1C(F)(F)F. The van der Waals surface area contributed by atoms with Crippen molar-refractivity contribution in [2.45, 2.75) is 44.7 Å². The minimum Gasteiger partial charge on any atom is -0.466 e. The molecule has 0 aromatic heterocycles. The van der Waals surface area contributed by atoms with Gasteiger partial charge in [-0.15, -0.1) is 0 Å². The number of carbonyl (C=O) groups excluding carboxylic acids is 1. The number of guanidine groups is 1. The molecule has 0 saturated heterocycles. The highest BCUT2D eigenvalue weighted by Crippen LogP contribution is 2.40. The lowest BCUT2D eigenvalue weighted by molar-refractivity contribution is -0.140. The van der Waals surface area contributed by atoms with Gasteiger partial charge in [-0.1, -0.05) is 30.3 Å². The second-order valence-corrected chi connectivity index (χ2v) is 9.04. The van der Waals surface area contributed by atoms with Crippen LogP contribution in [0.5, 0.6) is 0 Å². The predicted octanol–water partition coefficient (Wildman–Crippen LogP) is 6.08. The molecule has 1 aliphatic carbocycles. The fraction of sp³-hybridized carbons (Fsp3) is 0.385. The van der Waals surface area contributed by atoms with Gasteiger partial charge >= 0.3 is 18.3 Å². The van der Waals surface area contributed by atoms with E-state index in [1.54, 1.807) is 0 Å². The number of allylic oxidation sites excluding steroid dienone is 1. The van der Waals surface area contributed by atoms with Crippen LogP contribution in [0.3, 0.4) is 0 Å². The number of aliphatic imine (C=N–C) groups is 1. The predicted molar refractivity (Wildman–Crippen MR) is 124 cm³/mol. The van der Waals surface area contributed by atoms with Crippen LogP contribution in [0.15, 0.2) is 64.8 Å². The molecule has 0 bridgehead atoms. The number of hydrogen-bond donors (Lipinski definition) is 1. The Kier molecular flexibility index (Phi) is 7.25. The van der Waals surface area contributed by atoms with Crippen LogP contribution in [0.25, 0.3) is 0 Å². The topological polar surface area (TPSA) is 53.9 Å². The molecular weight excluding hydrogens is 500 g/mol. The molecule has 1 N–H and O–H groups in total. The van der Waals surface area contributed by atoms with Gasteiger partial charge in [0.2, 0.25) is 0 Å². The number of nitrogens with one attached hydrogen (secondary N) is 1. The van der Waals surface area contributed by atoms with Gasteiger partial charge in [-0.2, -0.15) is 26.3 Å². The minimum absolute atomic E-state index is 0.0865.